The highest BCUT2D eigenvalue weighted by Gasteiger charge is 2.35. The van der Waals surface area contributed by atoms with Gasteiger partial charge in [-0.3, -0.25) is 4.90 Å². The van der Waals surface area contributed by atoms with Crippen LogP contribution < -0.4 is 5.32 Å². The van der Waals surface area contributed by atoms with E-state index >= 15 is 0 Å². The molecular formula is C24H33FN2. The van der Waals surface area contributed by atoms with Crippen LogP contribution in [0.3, 0.4) is 0 Å². The minimum absolute atomic E-state index is 0.123. The van der Waals surface area contributed by atoms with Crippen LogP contribution in [0.15, 0.2) is 36.4 Å². The molecule has 2 atom stereocenters. The summed E-state index contributed by atoms with van der Waals surface area (Å²) in [5.74, 6) is 0.505. The molecule has 1 aliphatic heterocycles. The first-order valence-corrected chi connectivity index (χ1v) is 10.3. The summed E-state index contributed by atoms with van der Waals surface area (Å²) in [6.45, 7) is 12.9. The molecule has 2 aromatic rings. The van der Waals surface area contributed by atoms with E-state index in [0.29, 0.717) is 12.0 Å². The average Bonchev–Trinajstić information content (AvgIpc) is 2.68. The third kappa shape index (κ3) is 4.41. The van der Waals surface area contributed by atoms with Crippen LogP contribution in [0.4, 0.5) is 4.39 Å². The molecule has 0 aliphatic carbocycles. The minimum atomic E-state index is -0.123. The second kappa shape index (κ2) is 8.99. The van der Waals surface area contributed by atoms with Gasteiger partial charge >= 0.3 is 0 Å². The highest BCUT2D eigenvalue weighted by Crippen LogP contribution is 2.35. The topological polar surface area (TPSA) is 15.3 Å². The van der Waals surface area contributed by atoms with Crippen molar-refractivity contribution in [2.24, 2.45) is 0 Å². The third-order valence-corrected chi connectivity index (χ3v) is 6.26. The fourth-order valence-corrected chi connectivity index (χ4v) is 4.12. The average molecular weight is 369 g/mol. The molecule has 1 N–H and O–H groups in total. The Morgan fingerprint density at radius 2 is 1.78 bits per heavy atom. The molecule has 1 fully saturated rings. The van der Waals surface area contributed by atoms with Gasteiger partial charge in [0, 0.05) is 18.5 Å². The molecule has 146 valence electrons. The number of benzene rings is 2. The lowest BCUT2D eigenvalue weighted by molar-refractivity contribution is 0.0709. The molecule has 27 heavy (non-hydrogen) atoms. The van der Waals surface area contributed by atoms with Gasteiger partial charge in [0.15, 0.2) is 0 Å². The van der Waals surface area contributed by atoms with E-state index in [1.807, 2.05) is 19.9 Å². The van der Waals surface area contributed by atoms with Gasteiger partial charge in [-0.05, 0) is 87.1 Å². The van der Waals surface area contributed by atoms with Gasteiger partial charge in [0.2, 0.25) is 0 Å². The van der Waals surface area contributed by atoms with E-state index in [4.69, 9.17) is 0 Å². The quantitative estimate of drug-likeness (QED) is 0.637. The fraction of sp³-hybridized carbons (Fsp3) is 0.500. The maximum Gasteiger partial charge on any atom is 0.126 e. The van der Waals surface area contributed by atoms with Gasteiger partial charge in [-0.25, -0.2) is 4.39 Å². The first kappa shape index (κ1) is 20.0. The molecule has 1 aliphatic rings. The van der Waals surface area contributed by atoms with E-state index in [9.17, 15) is 4.39 Å². The molecule has 3 rings (SSSR count). The summed E-state index contributed by atoms with van der Waals surface area (Å²) in [6.07, 6.45) is 2.53. The zero-order valence-electron chi connectivity index (χ0n) is 17.2. The Morgan fingerprint density at radius 1 is 1.04 bits per heavy atom. The molecule has 0 bridgehead atoms. The molecular weight excluding hydrogens is 335 g/mol. The van der Waals surface area contributed by atoms with Gasteiger partial charge < -0.3 is 5.32 Å². The molecule has 2 aromatic carbocycles. The van der Waals surface area contributed by atoms with Crippen LogP contribution in [0.25, 0.3) is 11.1 Å². The summed E-state index contributed by atoms with van der Waals surface area (Å²) < 4.78 is 13.7. The molecule has 0 saturated carbocycles. The zero-order valence-corrected chi connectivity index (χ0v) is 17.2. The lowest BCUT2D eigenvalue weighted by Crippen LogP contribution is -2.53. The summed E-state index contributed by atoms with van der Waals surface area (Å²) in [6, 6.07) is 13.0. The van der Waals surface area contributed by atoms with Crippen LogP contribution in [0.2, 0.25) is 0 Å². The molecule has 1 heterocycles. The zero-order chi connectivity index (χ0) is 19.4. The first-order valence-electron chi connectivity index (χ1n) is 10.3. The second-order valence-corrected chi connectivity index (χ2v) is 7.87. The Bertz CT molecular complexity index is 754. The lowest BCUT2D eigenvalue weighted by atomic mass is 9.82. The number of unbranched alkanes of at least 4 members (excludes halogenated alkanes) is 1. The fourth-order valence-electron chi connectivity index (χ4n) is 4.12. The van der Waals surface area contributed by atoms with Crippen LogP contribution in [0, 0.1) is 19.7 Å². The summed E-state index contributed by atoms with van der Waals surface area (Å²) in [5, 5.41) is 3.39. The normalized spacial score (nSPS) is 19.9. The standard InChI is InChI=1S/C24H33FN2/c1-5-26-14-6-7-15-27-16-23(19(27)4)21-10-8-20(9-11-21)22-12-13-24(25)18(3)17(22)2/h8-13,19,23,26H,5-7,14-16H2,1-4H3. The van der Waals surface area contributed by atoms with Crippen molar-refractivity contribution in [1.29, 1.82) is 0 Å². The smallest absolute Gasteiger partial charge is 0.126 e. The molecule has 0 radical (unpaired) electrons. The van der Waals surface area contributed by atoms with Crippen molar-refractivity contribution in [3.63, 3.8) is 0 Å². The largest absolute Gasteiger partial charge is 0.317 e. The SMILES string of the molecule is CCNCCCCN1CC(c2ccc(-c3ccc(F)c(C)c3C)cc2)C1C. The Kier molecular flexibility index (Phi) is 6.67. The number of rotatable bonds is 8. The lowest BCUT2D eigenvalue weighted by Gasteiger charge is -2.47. The monoisotopic (exact) mass is 368 g/mol. The van der Waals surface area contributed by atoms with Gasteiger partial charge in [-0.1, -0.05) is 37.3 Å². The van der Waals surface area contributed by atoms with E-state index in [0.717, 1.165) is 36.3 Å². The van der Waals surface area contributed by atoms with E-state index in [1.54, 1.807) is 6.07 Å². The first-order chi connectivity index (χ1) is 13.0. The van der Waals surface area contributed by atoms with Crippen LogP contribution in [0.1, 0.15) is 49.3 Å². The number of nitrogens with zero attached hydrogens (tertiary/aromatic N) is 1. The minimum Gasteiger partial charge on any atom is -0.317 e. The molecule has 0 spiro atoms. The number of likely N-dealkylation sites (tertiary alicyclic amines) is 1. The van der Waals surface area contributed by atoms with Gasteiger partial charge in [-0.15, -0.1) is 0 Å². The summed E-state index contributed by atoms with van der Waals surface area (Å²) in [5.41, 5.74) is 5.50. The van der Waals surface area contributed by atoms with Crippen LogP contribution in [-0.2, 0) is 0 Å². The highest BCUT2D eigenvalue weighted by molar-refractivity contribution is 5.68. The van der Waals surface area contributed by atoms with Crippen molar-refractivity contribution in [2.45, 2.75) is 52.5 Å². The van der Waals surface area contributed by atoms with E-state index < -0.39 is 0 Å². The van der Waals surface area contributed by atoms with Gasteiger partial charge in [-0.2, -0.15) is 0 Å². The molecule has 2 nitrogen and oxygen atoms in total. The van der Waals surface area contributed by atoms with Crippen molar-refractivity contribution in [2.75, 3.05) is 26.2 Å². The molecule has 3 heteroatoms. The Labute approximate surface area is 163 Å². The van der Waals surface area contributed by atoms with Crippen LogP contribution in [-0.4, -0.2) is 37.1 Å². The summed E-state index contributed by atoms with van der Waals surface area (Å²) in [7, 11) is 0. The molecule has 0 amide bonds. The third-order valence-electron chi connectivity index (χ3n) is 6.26. The molecule has 1 saturated heterocycles. The Morgan fingerprint density at radius 3 is 2.44 bits per heavy atom. The van der Waals surface area contributed by atoms with Crippen molar-refractivity contribution in [1.82, 2.24) is 10.2 Å². The summed E-state index contributed by atoms with van der Waals surface area (Å²) >= 11 is 0. The van der Waals surface area contributed by atoms with Crippen LogP contribution >= 0.6 is 0 Å². The molecule has 0 aromatic heterocycles. The van der Waals surface area contributed by atoms with Gasteiger partial charge in [0.1, 0.15) is 5.82 Å². The number of hydrogen-bond donors (Lipinski definition) is 1. The van der Waals surface area contributed by atoms with E-state index in [1.165, 1.54) is 30.5 Å². The van der Waals surface area contributed by atoms with E-state index in [-0.39, 0.29) is 5.82 Å². The number of nitrogens with one attached hydrogen (secondary N) is 1. The van der Waals surface area contributed by atoms with E-state index in [2.05, 4.69) is 48.3 Å². The van der Waals surface area contributed by atoms with Crippen LogP contribution in [0.5, 0.6) is 0 Å². The van der Waals surface area contributed by atoms with Gasteiger partial charge in [0.25, 0.3) is 0 Å². The number of hydrogen-bond acceptors (Lipinski definition) is 2. The Balaban J connectivity index is 1.58. The number of halogens is 1. The maximum absolute atomic E-state index is 13.7. The maximum atomic E-state index is 13.7. The molecule has 2 unspecified atom stereocenters. The Hall–Kier alpha value is -1.71. The highest BCUT2D eigenvalue weighted by atomic mass is 19.1. The predicted octanol–water partition coefficient (Wildman–Crippen LogP) is 5.29. The van der Waals surface area contributed by atoms with Crippen molar-refractivity contribution >= 4 is 0 Å². The predicted molar refractivity (Wildman–Crippen MR) is 113 cm³/mol. The second-order valence-electron chi connectivity index (χ2n) is 7.87. The van der Waals surface area contributed by atoms with Crippen molar-refractivity contribution in [3.05, 3.63) is 58.9 Å². The van der Waals surface area contributed by atoms with Crippen molar-refractivity contribution < 1.29 is 4.39 Å². The van der Waals surface area contributed by atoms with Gasteiger partial charge in [0.05, 0.1) is 0 Å². The summed E-state index contributed by atoms with van der Waals surface area (Å²) in [4.78, 5) is 2.60. The van der Waals surface area contributed by atoms with Crippen molar-refractivity contribution in [3.8, 4) is 11.1 Å².